The van der Waals surface area contributed by atoms with Gasteiger partial charge in [0, 0.05) is 92.2 Å². The van der Waals surface area contributed by atoms with E-state index in [-0.39, 0.29) is 65.3 Å². The van der Waals surface area contributed by atoms with Crippen molar-refractivity contribution in [3.63, 3.8) is 0 Å². The van der Waals surface area contributed by atoms with E-state index in [0.29, 0.717) is 87.9 Å². The summed E-state index contributed by atoms with van der Waals surface area (Å²) in [4.78, 5) is 90.7. The molecule has 0 bridgehead atoms. The number of rotatable bonds is 11. The highest BCUT2D eigenvalue weighted by molar-refractivity contribution is 6.09. The summed E-state index contributed by atoms with van der Waals surface area (Å²) in [5.74, 6) is -0.544. The summed E-state index contributed by atoms with van der Waals surface area (Å²) < 4.78 is 17.2. The Labute approximate surface area is 443 Å². The first-order valence-corrected chi connectivity index (χ1v) is 28.2. The molecule has 0 radical (unpaired) electrons. The molecule has 5 amide bonds. The Kier molecular flexibility index (Phi) is 13.6. The maximum absolute atomic E-state index is 15.3. The van der Waals surface area contributed by atoms with Crippen LogP contribution in [0.2, 0.25) is 0 Å². The predicted molar refractivity (Wildman–Crippen MR) is 288 cm³/mol. The maximum atomic E-state index is 15.3. The highest BCUT2D eigenvalue weighted by Crippen LogP contribution is 2.52. The average molecular weight is 1030 g/mol. The van der Waals surface area contributed by atoms with Gasteiger partial charge in [0.1, 0.15) is 11.3 Å². The van der Waals surface area contributed by atoms with Crippen molar-refractivity contribution in [2.45, 2.75) is 146 Å². The molecule has 5 aromatic rings. The number of piperidine rings is 4. The Morgan fingerprint density at radius 3 is 2.24 bits per heavy atom. The quantitative estimate of drug-likeness (QED) is 0.108. The highest BCUT2D eigenvalue weighted by atomic mass is 19.1. The Morgan fingerprint density at radius 1 is 0.789 bits per heavy atom. The van der Waals surface area contributed by atoms with Gasteiger partial charge in [0.2, 0.25) is 29.5 Å². The number of aromatic nitrogens is 4. The number of fused-ring (bicyclic) bond motifs is 3. The van der Waals surface area contributed by atoms with E-state index in [1.165, 1.54) is 25.3 Å². The number of anilines is 4. The number of likely N-dealkylation sites (tertiary alicyclic amines) is 3. The number of nitrogens with zero attached hydrogens (tertiary/aromatic N) is 8. The molecular formula is C59H70FN11O5. The summed E-state index contributed by atoms with van der Waals surface area (Å²) >= 11 is 0. The minimum absolute atomic E-state index is 0.0517. The minimum Gasteiger partial charge on any atom is -0.381 e. The molecule has 398 valence electrons. The molecule has 16 nitrogen and oxygen atoms in total. The number of pyridine rings is 2. The third-order valence-corrected chi connectivity index (χ3v) is 18.2. The molecule has 8 heterocycles. The number of halogens is 1. The van der Waals surface area contributed by atoms with Gasteiger partial charge < -0.3 is 34.8 Å². The predicted octanol–water partition coefficient (Wildman–Crippen LogP) is 8.61. The summed E-state index contributed by atoms with van der Waals surface area (Å²) in [6.07, 6.45) is 17.2. The summed E-state index contributed by atoms with van der Waals surface area (Å²) in [6, 6.07) is 17.7. The first kappa shape index (κ1) is 50.1. The van der Waals surface area contributed by atoms with E-state index in [1.54, 1.807) is 36.9 Å². The van der Waals surface area contributed by atoms with E-state index in [0.717, 1.165) is 90.7 Å². The van der Waals surface area contributed by atoms with Crippen molar-refractivity contribution in [1.82, 2.24) is 39.5 Å². The van der Waals surface area contributed by atoms with Gasteiger partial charge in [0.05, 0.1) is 40.2 Å². The van der Waals surface area contributed by atoms with E-state index in [1.807, 2.05) is 26.5 Å². The Balaban J connectivity index is 0.705. The number of carbonyl (C=O) groups excluding carboxylic acids is 5. The lowest BCUT2D eigenvalue weighted by molar-refractivity contribution is -0.144. The Hall–Kier alpha value is -6.75. The lowest BCUT2D eigenvalue weighted by Gasteiger charge is -2.48. The average Bonchev–Trinajstić information content (AvgIpc) is 3.96. The van der Waals surface area contributed by atoms with Crippen LogP contribution >= 0.6 is 0 Å². The van der Waals surface area contributed by atoms with Gasteiger partial charge in [-0.3, -0.25) is 34.3 Å². The monoisotopic (exact) mass is 1030 g/mol. The van der Waals surface area contributed by atoms with Crippen LogP contribution in [-0.2, 0) is 29.4 Å². The lowest BCUT2D eigenvalue weighted by Crippen LogP contribution is -2.58. The van der Waals surface area contributed by atoms with Crippen LogP contribution in [0, 0.1) is 17.7 Å². The van der Waals surface area contributed by atoms with E-state index >= 15 is 9.18 Å². The zero-order valence-corrected chi connectivity index (χ0v) is 43.8. The van der Waals surface area contributed by atoms with Crippen LogP contribution in [0.5, 0.6) is 0 Å². The normalized spacial score (nSPS) is 25.2. The fourth-order valence-electron chi connectivity index (χ4n) is 13.8. The molecule has 3 N–H and O–H groups in total. The van der Waals surface area contributed by atoms with Gasteiger partial charge in [-0.15, -0.1) is 0 Å². The SMILES string of the molecule is CC(C)n1cnc2cc(-c3ccc4c(c3)N([C@H]3C[C@@H](N5CCCCC5)C3)C(=O)C43CCN(C(=O)C4CCN(C(=O)[C@H]5CC[C@H](Nc6cncc(C7CCC(=O)NC7=O)c6)CC5)CC4)CC3)nc(Nc3ccccc3F)c21. The third kappa shape index (κ3) is 9.39. The van der Waals surface area contributed by atoms with Crippen molar-refractivity contribution >= 4 is 63.4 Å². The number of carbonyl (C=O) groups is 5. The number of imide groups is 1. The zero-order chi connectivity index (χ0) is 52.2. The Bertz CT molecular complexity index is 3050. The molecule has 4 saturated heterocycles. The molecule has 2 aliphatic carbocycles. The molecule has 17 heteroatoms. The molecule has 6 fully saturated rings. The van der Waals surface area contributed by atoms with Crippen LogP contribution < -0.4 is 20.9 Å². The van der Waals surface area contributed by atoms with Crippen LogP contribution in [0.1, 0.15) is 133 Å². The smallest absolute Gasteiger partial charge is 0.238 e. The van der Waals surface area contributed by atoms with Crippen molar-refractivity contribution in [3.05, 3.63) is 90.3 Å². The topological polar surface area (TPSA) is 178 Å². The van der Waals surface area contributed by atoms with Gasteiger partial charge in [0.25, 0.3) is 0 Å². The van der Waals surface area contributed by atoms with E-state index in [2.05, 4.69) is 62.8 Å². The van der Waals surface area contributed by atoms with Crippen LogP contribution in [0.25, 0.3) is 22.3 Å². The van der Waals surface area contributed by atoms with Crippen molar-refractivity contribution in [1.29, 1.82) is 0 Å². The number of benzene rings is 2. The van der Waals surface area contributed by atoms with Gasteiger partial charge in [0.15, 0.2) is 5.82 Å². The number of nitrogens with one attached hydrogen (secondary N) is 3. The Morgan fingerprint density at radius 2 is 1.51 bits per heavy atom. The zero-order valence-electron chi connectivity index (χ0n) is 43.8. The molecule has 7 aliphatic rings. The third-order valence-electron chi connectivity index (χ3n) is 18.2. The van der Waals surface area contributed by atoms with Gasteiger partial charge in [-0.25, -0.2) is 14.4 Å². The molecule has 1 atom stereocenters. The second kappa shape index (κ2) is 20.7. The number of imidazole rings is 1. The van der Waals surface area contributed by atoms with Gasteiger partial charge in [-0.1, -0.05) is 30.7 Å². The van der Waals surface area contributed by atoms with Crippen LogP contribution in [0.15, 0.2) is 73.3 Å². The number of para-hydroxylation sites is 1. The summed E-state index contributed by atoms with van der Waals surface area (Å²) in [5.41, 5.74) is 6.21. The van der Waals surface area contributed by atoms with Gasteiger partial charge >= 0.3 is 0 Å². The first-order chi connectivity index (χ1) is 36.9. The molecule has 2 saturated carbocycles. The second-order valence-electron chi connectivity index (χ2n) is 23.1. The second-order valence-corrected chi connectivity index (χ2v) is 23.1. The molecule has 2 aromatic carbocycles. The molecule has 3 aromatic heterocycles. The van der Waals surface area contributed by atoms with Crippen LogP contribution in [0.3, 0.4) is 0 Å². The van der Waals surface area contributed by atoms with Crippen molar-refractivity contribution in [3.8, 4) is 11.3 Å². The van der Waals surface area contributed by atoms with Gasteiger partial charge in [-0.2, -0.15) is 0 Å². The number of hydrogen-bond acceptors (Lipinski definition) is 11. The summed E-state index contributed by atoms with van der Waals surface area (Å²) in [6.45, 7) is 8.52. The largest absolute Gasteiger partial charge is 0.381 e. The minimum atomic E-state index is -0.743. The van der Waals surface area contributed by atoms with Crippen molar-refractivity contribution in [2.75, 3.05) is 54.8 Å². The van der Waals surface area contributed by atoms with E-state index < -0.39 is 11.3 Å². The number of hydrogen-bond donors (Lipinski definition) is 3. The lowest BCUT2D eigenvalue weighted by atomic mass is 9.73. The van der Waals surface area contributed by atoms with Gasteiger partial charge in [-0.05, 0) is 152 Å². The highest BCUT2D eigenvalue weighted by Gasteiger charge is 2.56. The van der Waals surface area contributed by atoms with E-state index in [4.69, 9.17) is 9.97 Å². The number of amides is 5. The fraction of sp³-hybridized carbons (Fsp3) is 0.525. The molecule has 1 unspecified atom stereocenters. The van der Waals surface area contributed by atoms with Crippen LogP contribution in [0.4, 0.5) is 27.3 Å². The summed E-state index contributed by atoms with van der Waals surface area (Å²) in [5, 5.41) is 9.30. The molecular weight excluding hydrogens is 962 g/mol. The fourth-order valence-corrected chi connectivity index (χ4v) is 13.8. The molecule has 1 spiro atoms. The van der Waals surface area contributed by atoms with E-state index in [9.17, 15) is 19.2 Å². The molecule has 5 aliphatic heterocycles. The molecule has 76 heavy (non-hydrogen) atoms. The summed E-state index contributed by atoms with van der Waals surface area (Å²) in [7, 11) is 0. The van der Waals surface area contributed by atoms with Crippen molar-refractivity contribution in [2.24, 2.45) is 11.8 Å². The van der Waals surface area contributed by atoms with Crippen LogP contribution in [-0.4, -0.2) is 121 Å². The standard InChI is InChI=1S/C59H70FN11O5/c1-36(2)70-35-62-50-32-49(65-54(53(50)70)64-48-9-5-4-8-47(48)60)39-12-16-46-51(29-39)71(44-30-43(31-44)67-22-6-3-7-23-67)58(76)59(46)20-26-69(27-21-59)57(75)38-18-24-68(25-19-38)56(74)37-10-13-41(14-11-37)63-42-28-40(33-61-34-42)45-15-17-52(72)66-55(45)73/h4-5,8-9,12,16,28-29,32-38,41,43-45,63H,3,6-7,10-11,13-15,17-27,30-31H2,1-2H3,(H,64,65)(H,66,72,73)/t37-,41-,43-,44+,45?. The maximum Gasteiger partial charge on any atom is 0.238 e. The molecule has 12 rings (SSSR count). The van der Waals surface area contributed by atoms with Crippen molar-refractivity contribution < 1.29 is 28.4 Å². The first-order valence-electron chi connectivity index (χ1n) is 28.2.